The SMILES string of the molecule is C1CCN(C23CCC(CC2)CC3)C1. The van der Waals surface area contributed by atoms with Gasteiger partial charge in [-0.05, 0) is 70.4 Å². The van der Waals surface area contributed by atoms with E-state index < -0.39 is 0 Å². The summed E-state index contributed by atoms with van der Waals surface area (Å²) in [5.41, 5.74) is 0.700. The van der Waals surface area contributed by atoms with Crippen molar-refractivity contribution in [2.24, 2.45) is 5.92 Å². The Morgan fingerprint density at radius 3 is 1.92 bits per heavy atom. The minimum absolute atomic E-state index is 0.700. The van der Waals surface area contributed by atoms with E-state index in [1.54, 1.807) is 0 Å². The van der Waals surface area contributed by atoms with E-state index in [0.717, 1.165) is 5.92 Å². The summed E-state index contributed by atoms with van der Waals surface area (Å²) in [5.74, 6) is 1.12. The molecule has 0 aromatic rings. The van der Waals surface area contributed by atoms with Crippen molar-refractivity contribution in [1.29, 1.82) is 0 Å². The van der Waals surface area contributed by atoms with Gasteiger partial charge in [-0.3, -0.25) is 4.90 Å². The van der Waals surface area contributed by atoms with Crippen molar-refractivity contribution in [2.45, 2.75) is 56.9 Å². The summed E-state index contributed by atoms with van der Waals surface area (Å²) in [4.78, 5) is 2.84. The lowest BCUT2D eigenvalue weighted by molar-refractivity contribution is 0.00379. The van der Waals surface area contributed by atoms with E-state index in [-0.39, 0.29) is 0 Å². The molecule has 2 bridgehead atoms. The predicted octanol–water partition coefficient (Wildman–Crippen LogP) is 2.81. The first-order chi connectivity index (χ1) is 6.39. The molecule has 3 saturated carbocycles. The molecular formula is C12H21N. The number of hydrogen-bond acceptors (Lipinski definition) is 1. The largest absolute Gasteiger partial charge is 0.298 e. The topological polar surface area (TPSA) is 3.24 Å². The Bertz CT molecular complexity index is 172. The van der Waals surface area contributed by atoms with Gasteiger partial charge in [-0.1, -0.05) is 0 Å². The van der Waals surface area contributed by atoms with Gasteiger partial charge in [-0.15, -0.1) is 0 Å². The molecule has 0 amide bonds. The van der Waals surface area contributed by atoms with Gasteiger partial charge in [0.05, 0.1) is 0 Å². The molecule has 1 saturated heterocycles. The second-order valence-electron chi connectivity index (χ2n) is 5.40. The maximum atomic E-state index is 2.84. The zero-order valence-corrected chi connectivity index (χ0v) is 8.60. The molecule has 0 unspecified atom stereocenters. The third kappa shape index (κ3) is 1.24. The van der Waals surface area contributed by atoms with Crippen LogP contribution in [0.5, 0.6) is 0 Å². The normalized spacial score (nSPS) is 45.7. The monoisotopic (exact) mass is 179 g/mol. The van der Waals surface area contributed by atoms with Crippen LogP contribution in [-0.4, -0.2) is 23.5 Å². The molecule has 0 N–H and O–H groups in total. The Kier molecular flexibility index (Phi) is 1.90. The van der Waals surface area contributed by atoms with Crippen LogP contribution in [0.4, 0.5) is 0 Å². The van der Waals surface area contributed by atoms with E-state index in [1.807, 2.05) is 0 Å². The predicted molar refractivity (Wildman–Crippen MR) is 54.7 cm³/mol. The van der Waals surface area contributed by atoms with Crippen LogP contribution in [0.1, 0.15) is 51.4 Å². The number of likely N-dealkylation sites (tertiary alicyclic amines) is 1. The molecule has 0 spiro atoms. The quantitative estimate of drug-likeness (QED) is 0.598. The minimum Gasteiger partial charge on any atom is -0.298 e. The molecule has 74 valence electrons. The van der Waals surface area contributed by atoms with Crippen LogP contribution < -0.4 is 0 Å². The first kappa shape index (κ1) is 8.28. The van der Waals surface area contributed by atoms with Gasteiger partial charge >= 0.3 is 0 Å². The van der Waals surface area contributed by atoms with Crippen LogP contribution in [-0.2, 0) is 0 Å². The summed E-state index contributed by atoms with van der Waals surface area (Å²) in [6, 6.07) is 0. The fourth-order valence-electron chi connectivity index (χ4n) is 3.89. The second kappa shape index (κ2) is 2.98. The van der Waals surface area contributed by atoms with Crippen molar-refractivity contribution < 1.29 is 0 Å². The zero-order valence-electron chi connectivity index (χ0n) is 8.60. The molecule has 1 aliphatic heterocycles. The number of rotatable bonds is 1. The fraction of sp³-hybridized carbons (Fsp3) is 1.00. The average molecular weight is 179 g/mol. The van der Waals surface area contributed by atoms with Crippen molar-refractivity contribution in [3.63, 3.8) is 0 Å². The van der Waals surface area contributed by atoms with E-state index in [0.29, 0.717) is 5.54 Å². The van der Waals surface area contributed by atoms with Gasteiger partial charge in [0.2, 0.25) is 0 Å². The third-order valence-corrected chi connectivity index (χ3v) is 4.83. The maximum Gasteiger partial charge on any atom is 0.0209 e. The molecule has 0 atom stereocenters. The molecule has 0 aromatic heterocycles. The molecule has 1 heteroatoms. The fourth-order valence-corrected chi connectivity index (χ4v) is 3.89. The summed E-state index contributed by atoms with van der Waals surface area (Å²) in [5, 5.41) is 0. The average Bonchev–Trinajstić information content (AvgIpc) is 2.74. The van der Waals surface area contributed by atoms with E-state index >= 15 is 0 Å². The van der Waals surface area contributed by atoms with Crippen molar-refractivity contribution >= 4 is 0 Å². The first-order valence-corrected chi connectivity index (χ1v) is 6.14. The van der Waals surface area contributed by atoms with Crippen molar-refractivity contribution in [2.75, 3.05) is 13.1 Å². The van der Waals surface area contributed by atoms with Crippen molar-refractivity contribution in [3.8, 4) is 0 Å². The summed E-state index contributed by atoms with van der Waals surface area (Å²) < 4.78 is 0. The highest BCUT2D eigenvalue weighted by Crippen LogP contribution is 2.48. The van der Waals surface area contributed by atoms with Gasteiger partial charge in [0.15, 0.2) is 0 Å². The lowest BCUT2D eigenvalue weighted by atomic mass is 9.65. The highest BCUT2D eigenvalue weighted by Gasteiger charge is 2.44. The molecule has 4 fully saturated rings. The van der Waals surface area contributed by atoms with Gasteiger partial charge in [-0.2, -0.15) is 0 Å². The lowest BCUT2D eigenvalue weighted by Crippen LogP contribution is -2.52. The number of fused-ring (bicyclic) bond motifs is 3. The standard InChI is InChI=1S/C12H21N/c1-2-10-13(9-1)12-6-3-11(4-7-12)5-8-12/h11H,1-10H2. The summed E-state index contributed by atoms with van der Waals surface area (Å²) >= 11 is 0. The van der Waals surface area contributed by atoms with E-state index in [1.165, 1.54) is 64.5 Å². The molecule has 4 aliphatic rings. The van der Waals surface area contributed by atoms with Crippen LogP contribution in [0, 0.1) is 5.92 Å². The highest BCUT2D eigenvalue weighted by molar-refractivity contribution is 5.00. The van der Waals surface area contributed by atoms with Crippen LogP contribution in [0.25, 0.3) is 0 Å². The molecule has 13 heavy (non-hydrogen) atoms. The Hall–Kier alpha value is -0.0400. The highest BCUT2D eigenvalue weighted by atomic mass is 15.2. The van der Waals surface area contributed by atoms with Crippen molar-refractivity contribution in [1.82, 2.24) is 4.90 Å². The molecule has 3 aliphatic carbocycles. The van der Waals surface area contributed by atoms with Gasteiger partial charge in [0.25, 0.3) is 0 Å². The van der Waals surface area contributed by atoms with Crippen LogP contribution >= 0.6 is 0 Å². The number of hydrogen-bond donors (Lipinski definition) is 0. The smallest absolute Gasteiger partial charge is 0.0209 e. The van der Waals surface area contributed by atoms with Crippen molar-refractivity contribution in [3.05, 3.63) is 0 Å². The molecule has 1 nitrogen and oxygen atoms in total. The lowest BCUT2D eigenvalue weighted by Gasteiger charge is -2.51. The molecule has 0 aromatic carbocycles. The van der Waals surface area contributed by atoms with E-state index in [9.17, 15) is 0 Å². The van der Waals surface area contributed by atoms with E-state index in [4.69, 9.17) is 0 Å². The van der Waals surface area contributed by atoms with Crippen LogP contribution in [0.3, 0.4) is 0 Å². The Morgan fingerprint density at radius 2 is 1.38 bits per heavy atom. The molecule has 0 radical (unpaired) electrons. The van der Waals surface area contributed by atoms with Gasteiger partial charge in [-0.25, -0.2) is 0 Å². The Balaban J connectivity index is 1.78. The van der Waals surface area contributed by atoms with E-state index in [2.05, 4.69) is 4.90 Å². The molecule has 4 rings (SSSR count). The zero-order chi connectivity index (χ0) is 8.73. The van der Waals surface area contributed by atoms with Gasteiger partial charge < -0.3 is 0 Å². The first-order valence-electron chi connectivity index (χ1n) is 6.14. The summed E-state index contributed by atoms with van der Waals surface area (Å²) in [6.07, 6.45) is 12.1. The minimum atomic E-state index is 0.700. The van der Waals surface area contributed by atoms with Gasteiger partial charge in [0.1, 0.15) is 0 Å². The Morgan fingerprint density at radius 1 is 0.846 bits per heavy atom. The third-order valence-electron chi connectivity index (χ3n) is 4.83. The summed E-state index contributed by atoms with van der Waals surface area (Å²) in [7, 11) is 0. The van der Waals surface area contributed by atoms with Crippen LogP contribution in [0.2, 0.25) is 0 Å². The number of nitrogens with zero attached hydrogens (tertiary/aromatic N) is 1. The summed E-state index contributed by atoms with van der Waals surface area (Å²) in [6.45, 7) is 2.81. The maximum absolute atomic E-state index is 2.84. The van der Waals surface area contributed by atoms with Gasteiger partial charge in [0, 0.05) is 5.54 Å². The Labute approximate surface area is 81.5 Å². The molecule has 1 heterocycles. The van der Waals surface area contributed by atoms with Crippen LogP contribution in [0.15, 0.2) is 0 Å². The molecular weight excluding hydrogens is 158 g/mol. The second-order valence-corrected chi connectivity index (χ2v) is 5.40.